The number of hydrogen-bond acceptors (Lipinski definition) is 4. The molecule has 3 heterocycles. The molecule has 3 aromatic heterocycles. The number of halogens is 2. The Bertz CT molecular complexity index is 1200. The van der Waals surface area contributed by atoms with Crippen LogP contribution >= 0.6 is 0 Å². The third-order valence-electron chi connectivity index (χ3n) is 4.24. The van der Waals surface area contributed by atoms with Crippen molar-refractivity contribution in [2.45, 2.75) is 6.54 Å². The maximum Gasteiger partial charge on any atom is 0.404 e. The standard InChI is InChI=1S/C18H14F2N6O2/c1-25-8-11(7-23-25)13-9-26-14(4-5-22-26)17(24-13)12-3-2-10(6-21-18(27)28)15(19)16(12)20/h2-5,7-9,21H,6H2,1H3,(H,27,28). The van der Waals surface area contributed by atoms with E-state index in [1.54, 1.807) is 36.4 Å². The first-order chi connectivity index (χ1) is 13.4. The molecule has 10 heteroatoms. The summed E-state index contributed by atoms with van der Waals surface area (Å²) in [6, 6.07) is 4.35. The highest BCUT2D eigenvalue weighted by atomic mass is 19.2. The molecule has 0 unspecified atom stereocenters. The normalized spacial score (nSPS) is 11.1. The second-order valence-electron chi connectivity index (χ2n) is 6.10. The topological polar surface area (TPSA) is 97.3 Å². The van der Waals surface area contributed by atoms with Crippen LogP contribution in [-0.4, -0.2) is 35.6 Å². The maximum absolute atomic E-state index is 14.8. The van der Waals surface area contributed by atoms with E-state index in [2.05, 4.69) is 15.2 Å². The van der Waals surface area contributed by atoms with Crippen molar-refractivity contribution in [2.24, 2.45) is 7.05 Å². The summed E-state index contributed by atoms with van der Waals surface area (Å²) < 4.78 is 32.4. The molecular weight excluding hydrogens is 370 g/mol. The number of carboxylic acid groups (broad SMARTS) is 1. The zero-order valence-electron chi connectivity index (χ0n) is 14.6. The molecule has 1 amide bonds. The molecule has 0 atom stereocenters. The fourth-order valence-electron chi connectivity index (χ4n) is 2.90. The highest BCUT2D eigenvalue weighted by molar-refractivity contribution is 5.79. The minimum atomic E-state index is -1.32. The van der Waals surface area contributed by atoms with Crippen LogP contribution in [-0.2, 0) is 13.6 Å². The highest BCUT2D eigenvalue weighted by Crippen LogP contribution is 2.30. The van der Waals surface area contributed by atoms with E-state index in [1.807, 2.05) is 5.32 Å². The van der Waals surface area contributed by atoms with Crippen LogP contribution in [0.15, 0.2) is 43.0 Å². The van der Waals surface area contributed by atoms with Gasteiger partial charge in [0.15, 0.2) is 11.6 Å². The summed E-state index contributed by atoms with van der Waals surface area (Å²) in [5, 5.41) is 18.9. The first-order valence-electron chi connectivity index (χ1n) is 8.21. The number of aromatic nitrogens is 5. The van der Waals surface area contributed by atoms with Crippen LogP contribution in [0.3, 0.4) is 0 Å². The number of nitrogens with one attached hydrogen (secondary N) is 1. The van der Waals surface area contributed by atoms with Crippen LogP contribution < -0.4 is 5.32 Å². The quantitative estimate of drug-likeness (QED) is 0.564. The summed E-state index contributed by atoms with van der Waals surface area (Å²) in [7, 11) is 1.76. The second-order valence-corrected chi connectivity index (χ2v) is 6.10. The molecule has 142 valence electrons. The number of aryl methyl sites for hydroxylation is 1. The van der Waals surface area contributed by atoms with Crippen LogP contribution in [0.1, 0.15) is 5.56 Å². The van der Waals surface area contributed by atoms with Gasteiger partial charge in [-0.15, -0.1) is 0 Å². The molecule has 0 saturated heterocycles. The van der Waals surface area contributed by atoms with E-state index < -0.39 is 17.7 Å². The van der Waals surface area contributed by atoms with Gasteiger partial charge in [-0.25, -0.2) is 23.1 Å². The average Bonchev–Trinajstić information content (AvgIpc) is 3.31. The van der Waals surface area contributed by atoms with Crippen LogP contribution in [0.4, 0.5) is 13.6 Å². The summed E-state index contributed by atoms with van der Waals surface area (Å²) in [5.74, 6) is -2.24. The number of fused-ring (bicyclic) bond motifs is 1. The highest BCUT2D eigenvalue weighted by Gasteiger charge is 2.19. The molecule has 8 nitrogen and oxygen atoms in total. The van der Waals surface area contributed by atoms with Crippen LogP contribution in [0.5, 0.6) is 0 Å². The fourth-order valence-corrected chi connectivity index (χ4v) is 2.90. The Morgan fingerprint density at radius 2 is 2.00 bits per heavy atom. The van der Waals surface area contributed by atoms with Crippen molar-refractivity contribution >= 4 is 11.6 Å². The minimum absolute atomic E-state index is 0.0483. The van der Waals surface area contributed by atoms with Gasteiger partial charge in [0.2, 0.25) is 0 Å². The van der Waals surface area contributed by atoms with Crippen molar-refractivity contribution in [1.82, 2.24) is 29.7 Å². The maximum atomic E-state index is 14.8. The summed E-state index contributed by atoms with van der Waals surface area (Å²) in [4.78, 5) is 15.1. The minimum Gasteiger partial charge on any atom is -0.465 e. The number of amides is 1. The van der Waals surface area contributed by atoms with Crippen molar-refractivity contribution in [3.05, 3.63) is 60.2 Å². The lowest BCUT2D eigenvalue weighted by Gasteiger charge is -2.11. The molecule has 0 saturated carbocycles. The van der Waals surface area contributed by atoms with Crippen molar-refractivity contribution < 1.29 is 18.7 Å². The summed E-state index contributed by atoms with van der Waals surface area (Å²) in [5.41, 5.74) is 1.76. The summed E-state index contributed by atoms with van der Waals surface area (Å²) in [6.45, 7) is -0.344. The molecular formula is C18H14F2N6O2. The first kappa shape index (κ1) is 17.6. The van der Waals surface area contributed by atoms with E-state index in [0.717, 1.165) is 0 Å². The molecule has 0 aliphatic heterocycles. The van der Waals surface area contributed by atoms with Crippen molar-refractivity contribution in [1.29, 1.82) is 0 Å². The molecule has 28 heavy (non-hydrogen) atoms. The number of rotatable bonds is 4. The third kappa shape index (κ3) is 3.04. The molecule has 4 aromatic rings. The molecule has 0 aliphatic carbocycles. The summed E-state index contributed by atoms with van der Waals surface area (Å²) >= 11 is 0. The van der Waals surface area contributed by atoms with Gasteiger partial charge in [-0.1, -0.05) is 6.07 Å². The van der Waals surface area contributed by atoms with Crippen molar-refractivity contribution in [3.63, 3.8) is 0 Å². The number of nitrogens with zero attached hydrogens (tertiary/aromatic N) is 5. The lowest BCUT2D eigenvalue weighted by Crippen LogP contribution is -2.21. The molecule has 0 spiro atoms. The van der Waals surface area contributed by atoms with Gasteiger partial charge in [-0.2, -0.15) is 10.2 Å². The molecule has 0 bridgehead atoms. The van der Waals surface area contributed by atoms with E-state index in [0.29, 0.717) is 16.8 Å². The van der Waals surface area contributed by atoms with Gasteiger partial charge in [-0.05, 0) is 12.1 Å². The molecule has 0 fully saturated rings. The Morgan fingerprint density at radius 3 is 2.71 bits per heavy atom. The van der Waals surface area contributed by atoms with Gasteiger partial charge in [0.1, 0.15) is 0 Å². The Hall–Kier alpha value is -3.82. The lowest BCUT2D eigenvalue weighted by atomic mass is 10.1. The van der Waals surface area contributed by atoms with E-state index in [-0.39, 0.29) is 23.4 Å². The largest absolute Gasteiger partial charge is 0.465 e. The van der Waals surface area contributed by atoms with Crippen molar-refractivity contribution in [3.8, 4) is 22.5 Å². The molecule has 0 radical (unpaired) electrons. The van der Waals surface area contributed by atoms with E-state index in [4.69, 9.17) is 5.11 Å². The van der Waals surface area contributed by atoms with Gasteiger partial charge < -0.3 is 10.4 Å². The van der Waals surface area contributed by atoms with Gasteiger partial charge in [0, 0.05) is 36.5 Å². The Kier molecular flexibility index (Phi) is 4.22. The Labute approximate surface area is 157 Å². The van der Waals surface area contributed by atoms with E-state index >= 15 is 0 Å². The van der Waals surface area contributed by atoms with E-state index in [9.17, 15) is 13.6 Å². The van der Waals surface area contributed by atoms with Crippen LogP contribution in [0.25, 0.3) is 28.0 Å². The Morgan fingerprint density at radius 1 is 1.18 bits per heavy atom. The van der Waals surface area contributed by atoms with Crippen LogP contribution in [0.2, 0.25) is 0 Å². The average molecular weight is 384 g/mol. The van der Waals surface area contributed by atoms with Crippen molar-refractivity contribution in [2.75, 3.05) is 0 Å². The zero-order valence-corrected chi connectivity index (χ0v) is 14.6. The van der Waals surface area contributed by atoms with Gasteiger partial charge in [-0.3, -0.25) is 4.68 Å². The zero-order chi connectivity index (χ0) is 19.8. The Balaban J connectivity index is 1.85. The number of hydrogen-bond donors (Lipinski definition) is 2. The first-order valence-corrected chi connectivity index (χ1v) is 8.21. The number of benzene rings is 1. The predicted octanol–water partition coefficient (Wildman–Crippen LogP) is 2.84. The number of carbonyl (C=O) groups is 1. The second kappa shape index (κ2) is 6.72. The van der Waals surface area contributed by atoms with E-state index in [1.165, 1.54) is 22.8 Å². The SMILES string of the molecule is Cn1cc(-c2cn3nccc3c(-c3ccc(CNC(=O)O)c(F)c3F)n2)cn1. The molecule has 0 aliphatic rings. The third-order valence-corrected chi connectivity index (χ3v) is 4.24. The van der Waals surface area contributed by atoms with Gasteiger partial charge >= 0.3 is 6.09 Å². The van der Waals surface area contributed by atoms with Gasteiger partial charge in [0.25, 0.3) is 0 Å². The predicted molar refractivity (Wildman–Crippen MR) is 95.4 cm³/mol. The lowest BCUT2D eigenvalue weighted by molar-refractivity contribution is 0.194. The molecule has 4 rings (SSSR count). The fraction of sp³-hybridized carbons (Fsp3) is 0.111. The molecule has 1 aromatic carbocycles. The van der Waals surface area contributed by atoms with Gasteiger partial charge in [0.05, 0.1) is 35.5 Å². The molecule has 2 N–H and O–H groups in total. The van der Waals surface area contributed by atoms with Crippen LogP contribution in [0, 0.1) is 11.6 Å². The monoisotopic (exact) mass is 384 g/mol. The summed E-state index contributed by atoms with van der Waals surface area (Å²) in [6.07, 6.45) is 5.25. The smallest absolute Gasteiger partial charge is 0.404 e.